The molecule has 0 aromatic carbocycles. The molecule has 0 bridgehead atoms. The quantitative estimate of drug-likeness (QED) is 0.622. The Morgan fingerprint density at radius 1 is 1.31 bits per heavy atom. The average molecular weight is 417 g/mol. The minimum atomic E-state index is -0.166. The maximum absolute atomic E-state index is 12.8. The van der Waals surface area contributed by atoms with Gasteiger partial charge < -0.3 is 10.2 Å². The fourth-order valence-corrected chi connectivity index (χ4v) is 5.96. The molecule has 2 rings (SSSR count). The number of carbonyl (C=O) groups excluding carboxylic acids is 2. The molecule has 1 aliphatic heterocycles. The standard InChI is InChI=1S/C17H28N4O2S3/c1-4-9-18-14(22)11-24-16-19-20-17(26-16)25-12(3)15(23)21-10-7-6-8-13(21)5-2/h12-13H,4-11H2,1-3H3,(H,18,22)/t12-,13+/m1/s1. The minimum Gasteiger partial charge on any atom is -0.355 e. The first-order valence-corrected chi connectivity index (χ1v) is 11.9. The molecule has 1 N–H and O–H groups in total. The third-order valence-corrected chi connectivity index (χ3v) is 7.52. The van der Waals surface area contributed by atoms with E-state index in [4.69, 9.17) is 0 Å². The second-order valence-corrected chi connectivity index (χ2v) is 10.1. The first kappa shape index (κ1) is 21.5. The molecule has 9 heteroatoms. The summed E-state index contributed by atoms with van der Waals surface area (Å²) >= 11 is 4.31. The second-order valence-electron chi connectivity index (χ2n) is 6.32. The Labute approximate surface area is 168 Å². The number of piperidine rings is 1. The molecule has 6 nitrogen and oxygen atoms in total. The highest BCUT2D eigenvalue weighted by molar-refractivity contribution is 8.04. The Bertz CT molecular complexity index is 596. The van der Waals surface area contributed by atoms with Crippen molar-refractivity contribution < 1.29 is 9.59 Å². The van der Waals surface area contributed by atoms with Gasteiger partial charge in [0.1, 0.15) is 0 Å². The molecule has 2 heterocycles. The Morgan fingerprint density at radius 3 is 2.81 bits per heavy atom. The predicted octanol–water partition coefficient (Wildman–Crippen LogP) is 3.43. The number of thioether (sulfide) groups is 2. The van der Waals surface area contributed by atoms with Crippen molar-refractivity contribution in [2.75, 3.05) is 18.8 Å². The highest BCUT2D eigenvalue weighted by atomic mass is 32.2. The van der Waals surface area contributed by atoms with Gasteiger partial charge in [-0.3, -0.25) is 9.59 Å². The number of amides is 2. The van der Waals surface area contributed by atoms with Gasteiger partial charge in [0.25, 0.3) is 0 Å². The lowest BCUT2D eigenvalue weighted by Crippen LogP contribution is -2.46. The molecule has 1 fully saturated rings. The first-order chi connectivity index (χ1) is 12.5. The van der Waals surface area contributed by atoms with E-state index in [9.17, 15) is 9.59 Å². The van der Waals surface area contributed by atoms with Crippen LogP contribution < -0.4 is 5.32 Å². The number of carbonyl (C=O) groups is 2. The number of nitrogens with zero attached hydrogens (tertiary/aromatic N) is 3. The van der Waals surface area contributed by atoms with Crippen LogP contribution in [0.15, 0.2) is 8.68 Å². The lowest BCUT2D eigenvalue weighted by atomic mass is 10.00. The molecule has 26 heavy (non-hydrogen) atoms. The lowest BCUT2D eigenvalue weighted by molar-refractivity contribution is -0.134. The van der Waals surface area contributed by atoms with Gasteiger partial charge >= 0.3 is 0 Å². The van der Waals surface area contributed by atoms with E-state index in [-0.39, 0.29) is 17.1 Å². The number of hydrogen-bond donors (Lipinski definition) is 1. The first-order valence-electron chi connectivity index (χ1n) is 9.25. The summed E-state index contributed by atoms with van der Waals surface area (Å²) in [6, 6.07) is 0.376. The van der Waals surface area contributed by atoms with Crippen molar-refractivity contribution in [1.82, 2.24) is 20.4 Å². The summed E-state index contributed by atoms with van der Waals surface area (Å²) in [5.41, 5.74) is 0. The van der Waals surface area contributed by atoms with Crippen molar-refractivity contribution in [1.29, 1.82) is 0 Å². The van der Waals surface area contributed by atoms with Crippen LogP contribution in [-0.2, 0) is 9.59 Å². The molecule has 0 spiro atoms. The van der Waals surface area contributed by atoms with Gasteiger partial charge in [0.15, 0.2) is 8.68 Å². The molecule has 1 saturated heterocycles. The molecule has 2 atom stereocenters. The van der Waals surface area contributed by atoms with E-state index in [1.165, 1.54) is 41.3 Å². The van der Waals surface area contributed by atoms with Crippen LogP contribution in [0, 0.1) is 0 Å². The average Bonchev–Trinajstić information content (AvgIpc) is 3.11. The van der Waals surface area contributed by atoms with Crippen molar-refractivity contribution in [3.63, 3.8) is 0 Å². The van der Waals surface area contributed by atoms with Gasteiger partial charge in [-0.15, -0.1) is 10.2 Å². The molecule has 1 aliphatic rings. The number of rotatable bonds is 9. The fraction of sp³-hybridized carbons (Fsp3) is 0.765. The summed E-state index contributed by atoms with van der Waals surface area (Å²) in [5.74, 6) is 0.560. The molecule has 146 valence electrons. The van der Waals surface area contributed by atoms with Gasteiger partial charge in [-0.05, 0) is 39.0 Å². The van der Waals surface area contributed by atoms with Crippen LogP contribution in [0.1, 0.15) is 52.9 Å². The van der Waals surface area contributed by atoms with Gasteiger partial charge in [-0.25, -0.2) is 0 Å². The third-order valence-electron chi connectivity index (χ3n) is 4.29. The summed E-state index contributed by atoms with van der Waals surface area (Å²) in [4.78, 5) is 26.5. The zero-order valence-electron chi connectivity index (χ0n) is 15.7. The smallest absolute Gasteiger partial charge is 0.236 e. The number of nitrogens with one attached hydrogen (secondary N) is 1. The minimum absolute atomic E-state index is 0.0144. The Hall–Kier alpha value is -0.800. The number of aromatic nitrogens is 2. The van der Waals surface area contributed by atoms with E-state index in [1.807, 2.05) is 13.8 Å². The van der Waals surface area contributed by atoms with Crippen LogP contribution >= 0.6 is 34.9 Å². The summed E-state index contributed by atoms with van der Waals surface area (Å²) in [6.45, 7) is 7.69. The van der Waals surface area contributed by atoms with Crippen LogP contribution in [0.3, 0.4) is 0 Å². The van der Waals surface area contributed by atoms with Crippen molar-refractivity contribution in [3.05, 3.63) is 0 Å². The van der Waals surface area contributed by atoms with Crippen molar-refractivity contribution in [2.45, 2.75) is 72.8 Å². The van der Waals surface area contributed by atoms with Crippen LogP contribution in [0.5, 0.6) is 0 Å². The number of hydrogen-bond acceptors (Lipinski definition) is 7. The summed E-state index contributed by atoms with van der Waals surface area (Å²) in [6.07, 6.45) is 5.37. The second kappa shape index (κ2) is 11.1. The van der Waals surface area contributed by atoms with E-state index in [2.05, 4.69) is 27.3 Å². The fourth-order valence-electron chi connectivity index (χ4n) is 2.90. The van der Waals surface area contributed by atoms with E-state index in [0.29, 0.717) is 18.3 Å². The SMILES string of the molecule is CCCNC(=O)CSc1nnc(S[C@H](C)C(=O)N2CCCC[C@@H]2CC)s1. The summed E-state index contributed by atoms with van der Waals surface area (Å²) < 4.78 is 1.55. The molecular formula is C17H28N4O2S3. The van der Waals surface area contributed by atoms with Gasteiger partial charge in [0.05, 0.1) is 11.0 Å². The van der Waals surface area contributed by atoms with Crippen LogP contribution in [0.2, 0.25) is 0 Å². The Kier molecular flexibility index (Phi) is 9.21. The molecule has 1 aromatic rings. The maximum atomic E-state index is 12.8. The van der Waals surface area contributed by atoms with Crippen molar-refractivity contribution in [3.8, 4) is 0 Å². The predicted molar refractivity (Wildman–Crippen MR) is 109 cm³/mol. The summed E-state index contributed by atoms with van der Waals surface area (Å²) in [5, 5.41) is 11.0. The molecule has 2 amide bonds. The monoisotopic (exact) mass is 416 g/mol. The molecule has 1 aromatic heterocycles. The zero-order valence-corrected chi connectivity index (χ0v) is 18.1. The number of likely N-dealkylation sites (tertiary alicyclic amines) is 1. The van der Waals surface area contributed by atoms with Crippen molar-refractivity contribution in [2.24, 2.45) is 0 Å². The van der Waals surface area contributed by atoms with Crippen molar-refractivity contribution >= 4 is 46.7 Å². The van der Waals surface area contributed by atoms with Gasteiger partial charge in [-0.1, -0.05) is 48.7 Å². The Morgan fingerprint density at radius 2 is 2.08 bits per heavy atom. The normalized spacial score (nSPS) is 18.6. The van der Waals surface area contributed by atoms with Crippen LogP contribution in [-0.4, -0.2) is 57.0 Å². The highest BCUT2D eigenvalue weighted by Gasteiger charge is 2.29. The molecule has 0 unspecified atom stereocenters. The van der Waals surface area contributed by atoms with Crippen LogP contribution in [0.25, 0.3) is 0 Å². The van der Waals surface area contributed by atoms with E-state index in [0.717, 1.165) is 40.9 Å². The lowest BCUT2D eigenvalue weighted by Gasteiger charge is -2.36. The van der Waals surface area contributed by atoms with E-state index < -0.39 is 0 Å². The molecule has 0 saturated carbocycles. The van der Waals surface area contributed by atoms with Gasteiger partial charge in [0, 0.05) is 19.1 Å². The van der Waals surface area contributed by atoms with Crippen LogP contribution in [0.4, 0.5) is 0 Å². The molecular weight excluding hydrogens is 388 g/mol. The van der Waals surface area contributed by atoms with Gasteiger partial charge in [-0.2, -0.15) is 0 Å². The topological polar surface area (TPSA) is 75.2 Å². The highest BCUT2D eigenvalue weighted by Crippen LogP contribution is 2.32. The van der Waals surface area contributed by atoms with Gasteiger partial charge in [0.2, 0.25) is 11.8 Å². The largest absolute Gasteiger partial charge is 0.355 e. The van der Waals surface area contributed by atoms with E-state index >= 15 is 0 Å². The molecule has 0 radical (unpaired) electrons. The van der Waals surface area contributed by atoms with E-state index in [1.54, 1.807) is 0 Å². The third kappa shape index (κ3) is 6.42. The Balaban J connectivity index is 1.83. The maximum Gasteiger partial charge on any atom is 0.236 e. The zero-order chi connectivity index (χ0) is 18.9. The molecule has 0 aliphatic carbocycles. The summed E-state index contributed by atoms with van der Waals surface area (Å²) in [7, 11) is 0.